The predicted molar refractivity (Wildman–Crippen MR) is 157 cm³/mol. The molecule has 3 fully saturated rings. The summed E-state index contributed by atoms with van der Waals surface area (Å²) in [6.45, 7) is -0.657. The first-order valence-electron chi connectivity index (χ1n) is 14.4. The number of imide groups is 2. The van der Waals surface area contributed by atoms with Gasteiger partial charge >= 0.3 is 0 Å². The second-order valence-corrected chi connectivity index (χ2v) is 13.2. The number of nitro groups is 1. The summed E-state index contributed by atoms with van der Waals surface area (Å²) >= 11 is 14.0. The minimum atomic E-state index is -2.78. The van der Waals surface area contributed by atoms with Crippen molar-refractivity contribution in [1.82, 2.24) is 0 Å². The second-order valence-electron chi connectivity index (χ2n) is 11.9. The number of furan rings is 1. The molecular weight excluding hydrogens is 708 g/mol. The van der Waals surface area contributed by atoms with E-state index in [1.165, 1.54) is 30.3 Å². The number of nitrogens with zero attached hydrogens (tertiary/aromatic N) is 3. The number of amides is 4. The molecule has 6 atom stereocenters. The number of rotatable bonds is 5. The minimum Gasteiger partial charge on any atom is -0.463 e. The van der Waals surface area contributed by atoms with Crippen LogP contribution in [0.2, 0.25) is 0 Å². The van der Waals surface area contributed by atoms with E-state index in [4.69, 9.17) is 27.6 Å². The summed E-state index contributed by atoms with van der Waals surface area (Å²) in [6, 6.07) is 7.25. The van der Waals surface area contributed by atoms with E-state index in [-0.39, 0.29) is 34.1 Å². The van der Waals surface area contributed by atoms with Crippen LogP contribution in [-0.2, 0) is 25.8 Å². The molecule has 3 heterocycles. The Morgan fingerprint density at radius 3 is 2.16 bits per heavy atom. The van der Waals surface area contributed by atoms with Crippen LogP contribution in [0.1, 0.15) is 30.3 Å². The fourth-order valence-corrected chi connectivity index (χ4v) is 8.43. The highest BCUT2D eigenvalue weighted by molar-refractivity contribution is 6.58. The summed E-state index contributed by atoms with van der Waals surface area (Å²) in [6.07, 6.45) is 0.564. The molecule has 0 spiro atoms. The maximum absolute atomic E-state index is 15.1. The Hall–Kier alpha value is -4.67. The molecule has 7 rings (SSSR count). The SMILES string of the molecule is O=C1[C@H]2[C@H](CC=C3[C@H]2C[C@@]2(Cl)C(=O)N(c4c(F)c(F)c(F)c(F)c4F)C(=O)[C@@]2(Cl)[C@H]3c2ccc(CO)o2)C(=O)N1c1cccc([N+](=O)[O-])c1. The molecule has 1 aromatic heterocycles. The summed E-state index contributed by atoms with van der Waals surface area (Å²) in [5, 5.41) is 21.1. The van der Waals surface area contributed by atoms with Crippen molar-refractivity contribution in [1.29, 1.82) is 0 Å². The van der Waals surface area contributed by atoms with Gasteiger partial charge in [-0.2, -0.15) is 0 Å². The number of aliphatic hydroxyl groups is 1. The quantitative estimate of drug-likeness (QED) is 0.0555. The molecule has 1 N–H and O–H groups in total. The van der Waals surface area contributed by atoms with Crippen LogP contribution in [0.25, 0.3) is 0 Å². The van der Waals surface area contributed by atoms with E-state index in [1.54, 1.807) is 0 Å². The standard InChI is InChI=1S/C31H18Cl2F5N3O8/c32-30-9-16-14(5-6-15-18(16)27(44)39(26(15)43)11-2-1-3-12(8-11)41(47)48)19(17-7-4-13(10-42)49-17)31(30,33)29(46)40(28(30)45)25-23(37)21(35)20(34)22(36)24(25)38/h1-5,7-8,15-16,18-19,42H,6,9-10H2/t15-,16+,18-,19+,30+,31-/m0/s1. The largest absolute Gasteiger partial charge is 0.463 e. The van der Waals surface area contributed by atoms with Gasteiger partial charge in [0.15, 0.2) is 33.0 Å². The van der Waals surface area contributed by atoms with Gasteiger partial charge < -0.3 is 9.52 Å². The Kier molecular flexibility index (Phi) is 7.32. The Morgan fingerprint density at radius 2 is 1.55 bits per heavy atom. The van der Waals surface area contributed by atoms with Gasteiger partial charge in [0, 0.05) is 12.1 Å². The lowest BCUT2D eigenvalue weighted by atomic mass is 9.57. The van der Waals surface area contributed by atoms with Gasteiger partial charge in [0.25, 0.3) is 17.5 Å². The van der Waals surface area contributed by atoms with Crippen molar-refractivity contribution in [3.8, 4) is 0 Å². The Morgan fingerprint density at radius 1 is 0.898 bits per heavy atom. The number of hydrogen-bond acceptors (Lipinski definition) is 8. The van der Waals surface area contributed by atoms with Crippen molar-refractivity contribution in [2.45, 2.75) is 35.1 Å². The number of halogens is 7. The van der Waals surface area contributed by atoms with Crippen LogP contribution in [0.3, 0.4) is 0 Å². The highest BCUT2D eigenvalue weighted by Crippen LogP contribution is 2.66. The third kappa shape index (κ3) is 4.16. The molecule has 0 bridgehead atoms. The van der Waals surface area contributed by atoms with E-state index in [9.17, 15) is 47.6 Å². The average Bonchev–Trinajstić information content (AvgIpc) is 3.69. The van der Waals surface area contributed by atoms with Gasteiger partial charge in [-0.15, -0.1) is 23.2 Å². The van der Waals surface area contributed by atoms with Gasteiger partial charge in [-0.1, -0.05) is 17.7 Å². The molecule has 1 saturated carbocycles. The van der Waals surface area contributed by atoms with Crippen molar-refractivity contribution in [2.75, 3.05) is 9.80 Å². The average molecular weight is 726 g/mol. The van der Waals surface area contributed by atoms with Crippen molar-refractivity contribution < 1.29 is 55.6 Å². The zero-order valence-corrected chi connectivity index (χ0v) is 25.8. The molecule has 3 aromatic rings. The number of anilines is 2. The number of aliphatic hydroxyl groups excluding tert-OH is 1. The molecule has 2 aliphatic heterocycles. The molecule has 4 amide bonds. The van der Waals surface area contributed by atoms with Gasteiger partial charge in [0.2, 0.25) is 17.6 Å². The highest BCUT2D eigenvalue weighted by atomic mass is 35.5. The highest BCUT2D eigenvalue weighted by Gasteiger charge is 2.77. The van der Waals surface area contributed by atoms with E-state index in [0.717, 1.165) is 17.0 Å². The minimum absolute atomic E-state index is 0.0655. The first-order chi connectivity index (χ1) is 23.1. The van der Waals surface area contributed by atoms with Crippen LogP contribution in [0, 0.1) is 57.0 Å². The molecule has 0 unspecified atom stereocenters. The lowest BCUT2D eigenvalue weighted by molar-refractivity contribution is -0.384. The monoisotopic (exact) mass is 725 g/mol. The molecule has 49 heavy (non-hydrogen) atoms. The van der Waals surface area contributed by atoms with E-state index in [0.29, 0.717) is 0 Å². The topological polar surface area (TPSA) is 151 Å². The van der Waals surface area contributed by atoms with Crippen LogP contribution in [0.5, 0.6) is 0 Å². The molecular formula is C31H18Cl2F5N3O8. The first kappa shape index (κ1) is 32.9. The van der Waals surface area contributed by atoms with Gasteiger partial charge in [-0.3, -0.25) is 29.3 Å². The summed E-state index contributed by atoms with van der Waals surface area (Å²) in [7, 11) is 0. The number of allylic oxidation sites excluding steroid dienone is 2. The van der Waals surface area contributed by atoms with Crippen LogP contribution in [-0.4, -0.2) is 43.4 Å². The number of alkyl halides is 2. The van der Waals surface area contributed by atoms with Crippen LogP contribution in [0.4, 0.5) is 39.0 Å². The maximum Gasteiger partial charge on any atom is 0.271 e. The molecule has 2 saturated heterocycles. The zero-order valence-electron chi connectivity index (χ0n) is 24.3. The number of carbonyl (C=O) groups excluding carboxylic acids is 4. The van der Waals surface area contributed by atoms with Gasteiger partial charge in [-0.05, 0) is 37.0 Å². The Labute approximate surface area is 280 Å². The normalized spacial score (nSPS) is 29.3. The van der Waals surface area contributed by atoms with Crippen molar-refractivity contribution >= 4 is 63.9 Å². The maximum atomic E-state index is 15.1. The summed E-state index contributed by atoms with van der Waals surface area (Å²) < 4.78 is 78.5. The van der Waals surface area contributed by atoms with Crippen LogP contribution in [0.15, 0.2) is 52.5 Å². The third-order valence-corrected chi connectivity index (χ3v) is 11.1. The Bertz CT molecular complexity index is 2060. The number of hydrogen-bond donors (Lipinski definition) is 1. The van der Waals surface area contributed by atoms with E-state index in [2.05, 4.69) is 0 Å². The summed E-state index contributed by atoms with van der Waals surface area (Å²) in [4.78, 5) is 61.7. The number of fused-ring (bicyclic) bond motifs is 4. The molecule has 4 aliphatic rings. The third-order valence-electron chi connectivity index (χ3n) is 9.64. The van der Waals surface area contributed by atoms with E-state index >= 15 is 8.78 Å². The molecule has 11 nitrogen and oxygen atoms in total. The van der Waals surface area contributed by atoms with Gasteiger partial charge in [0.1, 0.15) is 23.8 Å². The number of carbonyl (C=O) groups is 4. The van der Waals surface area contributed by atoms with Gasteiger partial charge in [0.05, 0.1) is 28.4 Å². The first-order valence-corrected chi connectivity index (χ1v) is 15.2. The molecule has 2 aromatic carbocycles. The lowest BCUT2D eigenvalue weighted by Crippen LogP contribution is -2.60. The van der Waals surface area contributed by atoms with E-state index < -0.39 is 115 Å². The van der Waals surface area contributed by atoms with E-state index in [1.807, 2.05) is 0 Å². The van der Waals surface area contributed by atoms with Crippen LogP contribution < -0.4 is 9.80 Å². The molecule has 0 radical (unpaired) electrons. The molecule has 254 valence electrons. The van der Waals surface area contributed by atoms with Crippen molar-refractivity contribution in [3.63, 3.8) is 0 Å². The fourth-order valence-electron chi connectivity index (χ4n) is 7.51. The summed E-state index contributed by atoms with van der Waals surface area (Å²) in [5.74, 6) is -23.0. The number of nitro benzene ring substituents is 1. The molecule has 2 aliphatic carbocycles. The molecule has 18 heteroatoms. The smallest absolute Gasteiger partial charge is 0.271 e. The van der Waals surface area contributed by atoms with Crippen molar-refractivity contribution in [2.24, 2.45) is 17.8 Å². The number of benzene rings is 2. The fraction of sp³-hybridized carbons (Fsp3) is 0.290. The number of non-ortho nitro benzene ring substituents is 1. The lowest BCUT2D eigenvalue weighted by Gasteiger charge is -2.49. The van der Waals surface area contributed by atoms with Gasteiger partial charge in [-0.25, -0.2) is 31.8 Å². The van der Waals surface area contributed by atoms with Crippen molar-refractivity contribution in [3.05, 3.63) is 98.8 Å². The van der Waals surface area contributed by atoms with Crippen LogP contribution >= 0.6 is 23.2 Å². The predicted octanol–water partition coefficient (Wildman–Crippen LogP) is 5.14. The Balaban J connectivity index is 1.40. The second kappa shape index (κ2) is 10.9. The summed E-state index contributed by atoms with van der Waals surface area (Å²) in [5.41, 5.74) is -2.33. The zero-order chi connectivity index (χ0) is 35.5.